The number of ketones is 1. The third kappa shape index (κ3) is 9.96. The van der Waals surface area contributed by atoms with Crippen molar-refractivity contribution in [1.82, 2.24) is 25.7 Å². The maximum Gasteiger partial charge on any atom is 0.253 e. The molecular formula is C50H59ClN8O5. The van der Waals surface area contributed by atoms with E-state index in [0.717, 1.165) is 69.1 Å². The summed E-state index contributed by atoms with van der Waals surface area (Å²) in [6.45, 7) is 17.0. The number of nitrogens with one attached hydrogen (secondary N) is 2. The minimum Gasteiger partial charge on any atom is -0.489 e. The molecule has 3 atom stereocenters. The maximum atomic E-state index is 14.1. The average Bonchev–Trinajstić information content (AvgIpc) is 3.97. The smallest absolute Gasteiger partial charge is 0.253 e. The SMILES string of the molecule is CC(C)[C@H](C(=O)C1CCC[C@H]1C(=O)NCc1ccc(C#N)cc1)c1cc(CCCN2CCN(c3ccc(C(=O)N[C@H]4C(C)(C)[C@H](Oc5ccc(C#N)c(Cl)c5)C4(C)C)cn3)CC2)no1. The minimum atomic E-state index is -0.471. The van der Waals surface area contributed by atoms with Crippen molar-refractivity contribution in [2.24, 2.45) is 28.6 Å². The van der Waals surface area contributed by atoms with Gasteiger partial charge < -0.3 is 24.8 Å². The van der Waals surface area contributed by atoms with Gasteiger partial charge in [0, 0.05) is 79.8 Å². The summed E-state index contributed by atoms with van der Waals surface area (Å²) >= 11 is 6.26. The van der Waals surface area contributed by atoms with Gasteiger partial charge in [0.2, 0.25) is 5.91 Å². The van der Waals surface area contributed by atoms with E-state index >= 15 is 0 Å². The predicted octanol–water partition coefficient (Wildman–Crippen LogP) is 7.87. The number of rotatable bonds is 16. The number of Topliss-reactive ketones (excluding diaryl/α,β-unsaturated/α-hetero) is 1. The molecule has 7 rings (SSSR count). The Labute approximate surface area is 381 Å². The van der Waals surface area contributed by atoms with Gasteiger partial charge in [0.25, 0.3) is 5.91 Å². The Morgan fingerprint density at radius 3 is 2.30 bits per heavy atom. The molecule has 13 nitrogen and oxygen atoms in total. The molecule has 2 saturated carbocycles. The van der Waals surface area contributed by atoms with Gasteiger partial charge in [0.05, 0.1) is 39.4 Å². The van der Waals surface area contributed by atoms with E-state index in [-0.39, 0.29) is 58.3 Å². The molecule has 0 radical (unpaired) electrons. The molecule has 336 valence electrons. The molecule has 3 heterocycles. The van der Waals surface area contributed by atoms with E-state index in [0.29, 0.717) is 52.6 Å². The molecule has 64 heavy (non-hydrogen) atoms. The number of aryl methyl sites for hydroxylation is 1. The molecule has 1 aliphatic heterocycles. The first-order valence-corrected chi connectivity index (χ1v) is 22.8. The number of hydrogen-bond donors (Lipinski definition) is 2. The second-order valence-corrected chi connectivity index (χ2v) is 19.6. The van der Waals surface area contributed by atoms with Gasteiger partial charge in [0.15, 0.2) is 0 Å². The van der Waals surface area contributed by atoms with Gasteiger partial charge in [-0.3, -0.25) is 19.3 Å². The molecule has 2 aliphatic carbocycles. The van der Waals surface area contributed by atoms with Crippen molar-refractivity contribution in [2.75, 3.05) is 37.6 Å². The van der Waals surface area contributed by atoms with E-state index < -0.39 is 5.92 Å². The zero-order chi connectivity index (χ0) is 45.8. The Morgan fingerprint density at radius 1 is 0.938 bits per heavy atom. The largest absolute Gasteiger partial charge is 0.489 e. The fourth-order valence-electron chi connectivity index (χ4n) is 10.5. The van der Waals surface area contributed by atoms with Gasteiger partial charge in [-0.05, 0) is 80.1 Å². The highest BCUT2D eigenvalue weighted by Gasteiger charge is 2.64. The lowest BCUT2D eigenvalue weighted by Crippen LogP contribution is -2.74. The van der Waals surface area contributed by atoms with Gasteiger partial charge in [-0.1, -0.05) is 76.9 Å². The Morgan fingerprint density at radius 2 is 1.66 bits per heavy atom. The van der Waals surface area contributed by atoms with Gasteiger partial charge in [0.1, 0.15) is 35.3 Å². The highest BCUT2D eigenvalue weighted by atomic mass is 35.5. The van der Waals surface area contributed by atoms with E-state index in [1.165, 1.54) is 0 Å². The van der Waals surface area contributed by atoms with Crippen LogP contribution < -0.4 is 20.3 Å². The molecule has 2 aromatic heterocycles. The number of ether oxygens (including phenoxy) is 1. The number of benzene rings is 2. The van der Waals surface area contributed by atoms with E-state index in [2.05, 4.69) is 70.4 Å². The van der Waals surface area contributed by atoms with Crippen molar-refractivity contribution in [1.29, 1.82) is 10.5 Å². The summed E-state index contributed by atoms with van der Waals surface area (Å²) in [7, 11) is 0. The molecule has 3 aliphatic rings. The number of hydrogen-bond acceptors (Lipinski definition) is 11. The number of carbonyl (C=O) groups excluding carboxylic acids is 3. The summed E-state index contributed by atoms with van der Waals surface area (Å²) in [6.07, 6.45) is 5.25. The van der Waals surface area contributed by atoms with Gasteiger partial charge >= 0.3 is 0 Å². The molecule has 2 N–H and O–H groups in total. The molecule has 2 aromatic carbocycles. The molecule has 0 bridgehead atoms. The number of anilines is 1. The lowest BCUT2D eigenvalue weighted by atomic mass is 9.49. The fourth-order valence-corrected chi connectivity index (χ4v) is 10.7. The van der Waals surface area contributed by atoms with Gasteiger partial charge in [-0.25, -0.2) is 4.98 Å². The Bertz CT molecular complexity index is 2380. The maximum absolute atomic E-state index is 14.1. The van der Waals surface area contributed by atoms with Crippen LogP contribution in [0.4, 0.5) is 5.82 Å². The summed E-state index contributed by atoms with van der Waals surface area (Å²) in [5.74, 6) is 0.529. The standard InChI is InChI=1S/C50H59ClN8O5/c1-31(2)43(44(60)38-10-7-11-39(38)46(62)55-29-33-14-12-32(27-52)13-15-33)41-25-36(57-64-41)9-8-20-58-21-23-59(24-22-58)42-19-17-35(30-54-42)45(61)56-47-49(3,4)48(50(47,5)6)63-37-18-16-34(28-53)40(51)26-37/h12-19,25-26,30-31,38-39,43,47-48H,7-11,20-24,29H2,1-6H3,(H,55,62)(H,56,61)/t38?,39-,43+,47-,48-/m1/s1. The number of pyridine rings is 1. The topological polar surface area (TPSA) is 177 Å². The van der Waals surface area contributed by atoms with Gasteiger partial charge in [-0.2, -0.15) is 10.5 Å². The second-order valence-electron chi connectivity index (χ2n) is 19.2. The number of nitriles is 2. The van der Waals surface area contributed by atoms with Crippen molar-refractivity contribution in [3.8, 4) is 17.9 Å². The Balaban J connectivity index is 0.848. The lowest BCUT2D eigenvalue weighted by molar-refractivity contribution is -0.164. The highest BCUT2D eigenvalue weighted by molar-refractivity contribution is 6.31. The summed E-state index contributed by atoms with van der Waals surface area (Å²) in [5.41, 5.74) is 2.45. The summed E-state index contributed by atoms with van der Waals surface area (Å²) in [6, 6.07) is 21.9. The third-order valence-electron chi connectivity index (χ3n) is 13.7. The summed E-state index contributed by atoms with van der Waals surface area (Å²) in [5, 5.41) is 29.3. The quantitative estimate of drug-likeness (QED) is 0.112. The van der Waals surface area contributed by atoms with Crippen molar-refractivity contribution < 1.29 is 23.6 Å². The minimum absolute atomic E-state index is 0.0138. The van der Waals surface area contributed by atoms with Crippen molar-refractivity contribution >= 4 is 35.0 Å². The first-order valence-electron chi connectivity index (χ1n) is 22.5. The van der Waals surface area contributed by atoms with Crippen LogP contribution in [-0.2, 0) is 22.6 Å². The first-order chi connectivity index (χ1) is 30.6. The average molecular weight is 888 g/mol. The second kappa shape index (κ2) is 19.5. The normalized spacial score (nSPS) is 21.9. The van der Waals surface area contributed by atoms with Crippen LogP contribution in [0.5, 0.6) is 5.75 Å². The van der Waals surface area contributed by atoms with Crippen LogP contribution in [0.25, 0.3) is 0 Å². The monoisotopic (exact) mass is 886 g/mol. The summed E-state index contributed by atoms with van der Waals surface area (Å²) in [4.78, 5) is 50.2. The molecule has 2 amide bonds. The Kier molecular flexibility index (Phi) is 14.1. The van der Waals surface area contributed by atoms with Crippen molar-refractivity contribution in [3.63, 3.8) is 0 Å². The fraction of sp³-hybridized carbons (Fsp3) is 0.500. The van der Waals surface area contributed by atoms with Gasteiger partial charge in [-0.15, -0.1) is 0 Å². The van der Waals surface area contributed by atoms with Crippen LogP contribution in [0.3, 0.4) is 0 Å². The molecule has 0 spiro atoms. The van der Waals surface area contributed by atoms with Crippen LogP contribution in [0.1, 0.15) is 112 Å². The molecule has 1 saturated heterocycles. The Hall–Kier alpha value is -5.76. The first kappa shape index (κ1) is 46.2. The molecular weight excluding hydrogens is 828 g/mol. The zero-order valence-corrected chi connectivity index (χ0v) is 38.5. The van der Waals surface area contributed by atoms with E-state index in [1.807, 2.05) is 44.2 Å². The van der Waals surface area contributed by atoms with Crippen molar-refractivity contribution in [2.45, 2.75) is 98.3 Å². The van der Waals surface area contributed by atoms with E-state index in [9.17, 15) is 19.6 Å². The number of halogens is 1. The van der Waals surface area contributed by atoms with Crippen molar-refractivity contribution in [3.05, 3.63) is 106 Å². The number of carbonyl (C=O) groups is 3. The molecule has 3 fully saturated rings. The zero-order valence-electron chi connectivity index (χ0n) is 37.7. The molecule has 14 heteroatoms. The third-order valence-corrected chi connectivity index (χ3v) is 14.0. The predicted molar refractivity (Wildman–Crippen MR) is 244 cm³/mol. The van der Waals surface area contributed by atoms with E-state index in [1.54, 1.807) is 36.5 Å². The lowest BCUT2D eigenvalue weighted by Gasteiger charge is -2.63. The number of piperazine rings is 1. The molecule has 4 aromatic rings. The van der Waals surface area contributed by atoms with Crippen LogP contribution in [0.2, 0.25) is 5.02 Å². The van der Waals surface area contributed by atoms with Crippen LogP contribution >= 0.6 is 11.6 Å². The molecule has 1 unspecified atom stereocenters. The van der Waals surface area contributed by atoms with E-state index in [4.69, 9.17) is 26.1 Å². The number of amides is 2. The number of aromatic nitrogens is 2. The van der Waals surface area contributed by atoms with Crippen LogP contribution in [-0.4, -0.2) is 77.5 Å². The van der Waals surface area contributed by atoms with Crippen LogP contribution in [0.15, 0.2) is 71.4 Å². The van der Waals surface area contributed by atoms with Crippen LogP contribution in [0, 0.1) is 51.2 Å². The summed E-state index contributed by atoms with van der Waals surface area (Å²) < 4.78 is 12.2. The number of nitrogens with zero attached hydrogens (tertiary/aromatic N) is 6. The highest BCUT2D eigenvalue weighted by Crippen LogP contribution is 2.55.